The summed E-state index contributed by atoms with van der Waals surface area (Å²) in [5.74, 6) is 0. The maximum absolute atomic E-state index is 9.07. The summed E-state index contributed by atoms with van der Waals surface area (Å²) in [6.45, 7) is 25.9. The van der Waals surface area contributed by atoms with Crippen molar-refractivity contribution in [2.45, 2.75) is 167 Å². The third-order valence-corrected chi connectivity index (χ3v) is 19.9. The molecule has 1 saturated carbocycles. The highest BCUT2D eigenvalue weighted by Gasteiger charge is 2.54. The molecule has 0 amide bonds. The van der Waals surface area contributed by atoms with Crippen molar-refractivity contribution in [1.29, 1.82) is 0 Å². The van der Waals surface area contributed by atoms with E-state index < -0.39 is 6.85 Å². The molecule has 2 unspecified atom stereocenters. The second-order valence-corrected chi connectivity index (χ2v) is 28.4. The smallest absolute Gasteiger partial charge is 0.297 e. The Morgan fingerprint density at radius 3 is 1.95 bits per heavy atom. The van der Waals surface area contributed by atoms with Crippen molar-refractivity contribution in [2.24, 2.45) is 0 Å². The topological polar surface area (TPSA) is 22.9 Å². The molecule has 0 saturated heterocycles. The van der Waals surface area contributed by atoms with E-state index in [1.165, 1.54) is 62.8 Å². The minimum absolute atomic E-state index is 0.0134. The average Bonchev–Trinajstić information content (AvgIpc) is 1.52. The van der Waals surface area contributed by atoms with Crippen LogP contribution in [0.1, 0.15) is 177 Å². The Bertz CT molecular complexity index is 4050. The Morgan fingerprint density at radius 1 is 0.595 bits per heavy atom. The first-order valence-corrected chi connectivity index (χ1v) is 29.4. The molecule has 2 aliphatic heterocycles. The van der Waals surface area contributed by atoms with E-state index >= 15 is 0 Å². The largest absolute Gasteiger partial charge is 0.468 e. The third-order valence-electron chi connectivity index (χ3n) is 19.9. The molecular formula is C74H78BN3O. The highest BCUT2D eigenvalue weighted by Crippen LogP contribution is 2.62. The summed E-state index contributed by atoms with van der Waals surface area (Å²) in [7, 11) is 0. The van der Waals surface area contributed by atoms with Gasteiger partial charge in [-0.3, -0.25) is 0 Å². The second kappa shape index (κ2) is 17.0. The summed E-state index contributed by atoms with van der Waals surface area (Å²) in [5.41, 5.74) is 24.1. The van der Waals surface area contributed by atoms with Gasteiger partial charge in [-0.25, -0.2) is 0 Å². The number of fused-ring (bicyclic) bond motifs is 12. The number of para-hydroxylation sites is 2. The molecule has 3 heterocycles. The van der Waals surface area contributed by atoms with Gasteiger partial charge in [-0.1, -0.05) is 162 Å². The molecule has 4 nitrogen and oxygen atoms in total. The highest BCUT2D eigenvalue weighted by molar-refractivity contribution is 7.00. The molecule has 1 aromatic heterocycles. The number of anilines is 9. The number of rotatable bonds is 6. The highest BCUT2D eigenvalue weighted by atomic mass is 16.3. The first kappa shape index (κ1) is 46.9. The average molecular weight is 1040 g/mol. The Labute approximate surface area is 475 Å². The van der Waals surface area contributed by atoms with E-state index in [4.69, 9.17) is 8.53 Å². The molecule has 14 rings (SSSR count). The molecule has 4 aliphatic carbocycles. The third kappa shape index (κ3) is 7.60. The van der Waals surface area contributed by atoms with Gasteiger partial charge in [-0.2, -0.15) is 0 Å². The number of nitrogens with zero attached hydrogens (tertiary/aromatic N) is 3. The number of hydrogen-bond acceptors (Lipinski definition) is 4. The van der Waals surface area contributed by atoms with Crippen molar-refractivity contribution in [3.8, 4) is 0 Å². The van der Waals surface area contributed by atoms with E-state index in [1.54, 1.807) is 6.07 Å². The van der Waals surface area contributed by atoms with Gasteiger partial charge >= 0.3 is 0 Å². The predicted octanol–water partition coefficient (Wildman–Crippen LogP) is 18.7. The fraction of sp³-hybridized carbons (Fsp3) is 0.351. The minimum Gasteiger partial charge on any atom is -0.468 e. The Morgan fingerprint density at radius 2 is 1.25 bits per heavy atom. The zero-order valence-corrected chi connectivity index (χ0v) is 48.7. The van der Waals surface area contributed by atoms with Crippen LogP contribution in [0.2, 0.25) is 0 Å². The molecular weight excluding hydrogens is 958 g/mol. The van der Waals surface area contributed by atoms with Crippen molar-refractivity contribution in [3.05, 3.63) is 196 Å². The lowest BCUT2D eigenvalue weighted by Gasteiger charge is -2.45. The number of allylic oxidation sites excluding steroid dienone is 4. The van der Waals surface area contributed by atoms with Gasteiger partial charge in [-0.15, -0.1) is 0 Å². The minimum atomic E-state index is -2.40. The lowest BCUT2D eigenvalue weighted by atomic mass is 9.35. The standard InChI is InChI=1S/C74H78BN3O/c1-46-22-20-21-27-60(46)76(50-25-18-15-19-26-50)52-41-63-66-64(42-52)78(61-32-28-48(69(2,3)4)38-53(61)47-23-16-14-17-24-47)62-33-29-49(70(5,6)7)39-59(62)75(66)68-67(54-43-57-58(44-65(54)79-68)74(13)37-36-73(57,12)45-74)77(63)51-30-31-55-56(40-51)72(10,11)35-34-71(55,8)9/h14-16,18-23,25-33,38-44H,17,24,34-37,45H2,1-13H3/i1D3. The van der Waals surface area contributed by atoms with E-state index in [9.17, 15) is 0 Å². The molecule has 79 heavy (non-hydrogen) atoms. The van der Waals surface area contributed by atoms with Crippen LogP contribution in [-0.2, 0) is 32.5 Å². The van der Waals surface area contributed by atoms with Crippen LogP contribution in [0.4, 0.5) is 51.2 Å². The van der Waals surface area contributed by atoms with Crippen LogP contribution < -0.4 is 31.3 Å². The molecule has 0 radical (unpaired) electrons. The zero-order chi connectivity index (χ0) is 57.4. The Balaban J connectivity index is 1.16. The summed E-state index contributed by atoms with van der Waals surface area (Å²) >= 11 is 0. The molecule has 5 heteroatoms. The Kier molecular flexibility index (Phi) is 10.1. The lowest BCUT2D eigenvalue weighted by molar-refractivity contribution is 0.332. The quantitative estimate of drug-likeness (QED) is 0.155. The van der Waals surface area contributed by atoms with Crippen LogP contribution in [0.25, 0.3) is 16.5 Å². The fourth-order valence-electron chi connectivity index (χ4n) is 15.4. The zero-order valence-electron chi connectivity index (χ0n) is 51.7. The number of benzene rings is 7. The van der Waals surface area contributed by atoms with Crippen LogP contribution >= 0.6 is 0 Å². The van der Waals surface area contributed by atoms with Crippen LogP contribution in [0.15, 0.2) is 156 Å². The van der Waals surface area contributed by atoms with Gasteiger partial charge in [0.1, 0.15) is 5.58 Å². The van der Waals surface area contributed by atoms with E-state index in [0.717, 1.165) is 99.7 Å². The monoisotopic (exact) mass is 1040 g/mol. The summed E-state index contributed by atoms with van der Waals surface area (Å²) in [4.78, 5) is 7.35. The fourth-order valence-corrected chi connectivity index (χ4v) is 15.4. The normalized spacial score (nSPS) is 21.8. The number of hydrogen-bond donors (Lipinski definition) is 0. The van der Waals surface area contributed by atoms with Crippen molar-refractivity contribution >= 4 is 91.0 Å². The maximum Gasteiger partial charge on any atom is 0.297 e. The van der Waals surface area contributed by atoms with Crippen LogP contribution in [-0.4, -0.2) is 6.71 Å². The first-order valence-electron chi connectivity index (χ1n) is 30.9. The van der Waals surface area contributed by atoms with Crippen LogP contribution in [0, 0.1) is 6.85 Å². The molecule has 8 aromatic rings. The van der Waals surface area contributed by atoms with E-state index in [1.807, 2.05) is 24.3 Å². The molecule has 0 spiro atoms. The van der Waals surface area contributed by atoms with Gasteiger partial charge in [0.25, 0.3) is 6.71 Å². The predicted molar refractivity (Wildman–Crippen MR) is 337 cm³/mol. The lowest BCUT2D eigenvalue weighted by Crippen LogP contribution is -2.61. The summed E-state index contributed by atoms with van der Waals surface area (Å²) < 4.78 is 35.0. The molecule has 6 aliphatic rings. The van der Waals surface area contributed by atoms with Crippen molar-refractivity contribution < 1.29 is 8.53 Å². The number of furan rings is 1. The van der Waals surface area contributed by atoms with E-state index in [2.05, 4.69) is 219 Å². The van der Waals surface area contributed by atoms with E-state index in [-0.39, 0.29) is 39.2 Å². The second-order valence-electron chi connectivity index (χ2n) is 28.4. The SMILES string of the molecule is [2H]C([2H])([2H])c1ccccc1N(c1ccccc1)c1cc2c3c(c1)N(c1ccc4c(c1)C(C)(C)CCC4(C)C)c1c(oc4cc5c(cc14)C1(C)CCC5(C)C1)B3c1cc(C(C)(C)C)ccc1N2c1ccc(C(C)(C)C)cc1C1=CC=CCC1. The van der Waals surface area contributed by atoms with Crippen LogP contribution in [0.5, 0.6) is 0 Å². The summed E-state index contributed by atoms with van der Waals surface area (Å²) in [6.07, 6.45) is 14.5. The van der Waals surface area contributed by atoms with Crippen molar-refractivity contribution in [1.82, 2.24) is 0 Å². The molecule has 7 aromatic carbocycles. The summed E-state index contributed by atoms with van der Waals surface area (Å²) in [5, 5.41) is 1.14. The Hall–Kier alpha value is -6.98. The van der Waals surface area contributed by atoms with Crippen LogP contribution in [0.3, 0.4) is 0 Å². The summed E-state index contributed by atoms with van der Waals surface area (Å²) in [6, 6.07) is 49.5. The van der Waals surface area contributed by atoms with Gasteiger partial charge in [-0.05, 0) is 213 Å². The molecule has 398 valence electrons. The van der Waals surface area contributed by atoms with Gasteiger partial charge in [0.2, 0.25) is 0 Å². The van der Waals surface area contributed by atoms with Crippen molar-refractivity contribution in [3.63, 3.8) is 0 Å². The number of aryl methyl sites for hydroxylation is 1. The van der Waals surface area contributed by atoms with Gasteiger partial charge in [0, 0.05) is 49.2 Å². The molecule has 2 atom stereocenters. The maximum atomic E-state index is 9.07. The van der Waals surface area contributed by atoms with Gasteiger partial charge in [0.15, 0.2) is 0 Å². The van der Waals surface area contributed by atoms with Crippen molar-refractivity contribution in [2.75, 3.05) is 14.7 Å². The van der Waals surface area contributed by atoms with Gasteiger partial charge in [0.05, 0.1) is 22.7 Å². The van der Waals surface area contributed by atoms with Gasteiger partial charge < -0.3 is 19.1 Å². The first-order chi connectivity index (χ1) is 38.7. The van der Waals surface area contributed by atoms with E-state index in [0.29, 0.717) is 11.3 Å². The molecule has 1 fully saturated rings. The molecule has 0 N–H and O–H groups in total. The molecule has 2 bridgehead atoms.